The third-order valence-electron chi connectivity index (χ3n) is 2.05. The van der Waals surface area contributed by atoms with E-state index in [2.05, 4.69) is 17.2 Å². The quantitative estimate of drug-likeness (QED) is 0.781. The van der Waals surface area contributed by atoms with Crippen LogP contribution in [0.5, 0.6) is 0 Å². The predicted molar refractivity (Wildman–Crippen MR) is 69.1 cm³/mol. The molecule has 0 aliphatic carbocycles. The summed E-state index contributed by atoms with van der Waals surface area (Å²) in [7, 11) is 0. The van der Waals surface area contributed by atoms with Gasteiger partial charge in [0.15, 0.2) is 0 Å². The second-order valence-electron chi connectivity index (χ2n) is 3.85. The Kier molecular flexibility index (Phi) is 4.90. The molecule has 0 aliphatic heterocycles. The minimum absolute atomic E-state index is 0.210. The highest BCUT2D eigenvalue weighted by molar-refractivity contribution is 7.12. The molecule has 92 valence electrons. The Morgan fingerprint density at radius 3 is 2.76 bits per heavy atom. The van der Waals surface area contributed by atoms with Crippen molar-refractivity contribution < 1.29 is 9.59 Å². The molecule has 0 spiro atoms. The van der Waals surface area contributed by atoms with Crippen LogP contribution in [0.25, 0.3) is 0 Å². The van der Waals surface area contributed by atoms with E-state index in [-0.39, 0.29) is 11.8 Å². The number of amides is 2. The van der Waals surface area contributed by atoms with Crippen LogP contribution in [-0.4, -0.2) is 24.4 Å². The summed E-state index contributed by atoms with van der Waals surface area (Å²) in [4.78, 5) is 23.9. The molecule has 2 N–H and O–H groups in total. The fourth-order valence-corrected chi connectivity index (χ4v) is 1.76. The van der Waals surface area contributed by atoms with Gasteiger partial charge < -0.3 is 10.6 Å². The number of rotatable bonds is 5. The number of carbonyl (C=O) groups is 2. The maximum Gasteiger partial charge on any atom is 0.261 e. The maximum absolute atomic E-state index is 11.7. The van der Waals surface area contributed by atoms with Crippen LogP contribution in [-0.2, 0) is 4.79 Å². The summed E-state index contributed by atoms with van der Waals surface area (Å²) in [6.45, 7) is 7.60. The average Bonchev–Trinajstić information content (AvgIpc) is 2.78. The number of hydrogen-bond acceptors (Lipinski definition) is 3. The van der Waals surface area contributed by atoms with E-state index in [4.69, 9.17) is 0 Å². The van der Waals surface area contributed by atoms with Crippen LogP contribution >= 0.6 is 11.3 Å². The van der Waals surface area contributed by atoms with Gasteiger partial charge in [-0.1, -0.05) is 18.2 Å². The van der Waals surface area contributed by atoms with Crippen LogP contribution in [0, 0.1) is 0 Å². The fourth-order valence-electron chi connectivity index (χ4n) is 1.13. The van der Waals surface area contributed by atoms with E-state index in [1.165, 1.54) is 11.3 Å². The first-order chi connectivity index (χ1) is 8.00. The summed E-state index contributed by atoms with van der Waals surface area (Å²) in [6.07, 6.45) is 0. The largest absolute Gasteiger partial charge is 0.351 e. The molecule has 17 heavy (non-hydrogen) atoms. The molecule has 1 aromatic rings. The standard InChI is InChI=1S/C12H16N2O2S/c1-8(2)7-13-11(15)9(3)14-12(16)10-5-4-6-17-10/h4-6,9H,1,7H2,2-3H3,(H,13,15)(H,14,16). The van der Waals surface area contributed by atoms with Gasteiger partial charge in [0.05, 0.1) is 4.88 Å². The number of thiophene rings is 1. The first-order valence-electron chi connectivity index (χ1n) is 5.27. The molecule has 0 radical (unpaired) electrons. The number of nitrogens with one attached hydrogen (secondary N) is 2. The van der Waals surface area contributed by atoms with E-state index in [1.807, 2.05) is 12.3 Å². The van der Waals surface area contributed by atoms with Crippen molar-refractivity contribution in [1.82, 2.24) is 10.6 Å². The van der Waals surface area contributed by atoms with Crippen molar-refractivity contribution >= 4 is 23.2 Å². The lowest BCUT2D eigenvalue weighted by atomic mass is 10.2. The predicted octanol–water partition coefficient (Wildman–Crippen LogP) is 1.56. The molecule has 0 fully saturated rings. The highest BCUT2D eigenvalue weighted by atomic mass is 32.1. The Morgan fingerprint density at radius 1 is 1.53 bits per heavy atom. The van der Waals surface area contributed by atoms with Crippen LogP contribution in [0.2, 0.25) is 0 Å². The van der Waals surface area contributed by atoms with Gasteiger partial charge in [0.1, 0.15) is 6.04 Å². The van der Waals surface area contributed by atoms with Crippen molar-refractivity contribution in [2.75, 3.05) is 6.54 Å². The SMILES string of the molecule is C=C(C)CNC(=O)C(C)NC(=O)c1cccs1. The van der Waals surface area contributed by atoms with E-state index in [0.717, 1.165) is 5.57 Å². The summed E-state index contributed by atoms with van der Waals surface area (Å²) in [5, 5.41) is 7.14. The van der Waals surface area contributed by atoms with Crippen LogP contribution in [0.1, 0.15) is 23.5 Å². The van der Waals surface area contributed by atoms with Gasteiger partial charge in [0.25, 0.3) is 5.91 Å². The van der Waals surface area contributed by atoms with E-state index >= 15 is 0 Å². The molecule has 5 heteroatoms. The molecule has 0 saturated carbocycles. The first kappa shape index (κ1) is 13.4. The van der Waals surface area contributed by atoms with Gasteiger partial charge in [-0.2, -0.15) is 0 Å². The average molecular weight is 252 g/mol. The summed E-state index contributed by atoms with van der Waals surface area (Å²) in [5.74, 6) is -0.434. The van der Waals surface area contributed by atoms with Crippen LogP contribution in [0.4, 0.5) is 0 Å². The fraction of sp³-hybridized carbons (Fsp3) is 0.333. The molecule has 0 bridgehead atoms. The summed E-state index contributed by atoms with van der Waals surface area (Å²) in [5.41, 5.74) is 0.870. The van der Waals surface area contributed by atoms with Crippen molar-refractivity contribution in [3.05, 3.63) is 34.5 Å². The molecule has 0 saturated heterocycles. The Hall–Kier alpha value is -1.62. The lowest BCUT2D eigenvalue weighted by Gasteiger charge is -2.13. The van der Waals surface area contributed by atoms with Gasteiger partial charge in [-0.15, -0.1) is 11.3 Å². The zero-order chi connectivity index (χ0) is 12.8. The lowest BCUT2D eigenvalue weighted by molar-refractivity contribution is -0.122. The Bertz CT molecular complexity index is 412. The monoisotopic (exact) mass is 252 g/mol. The van der Waals surface area contributed by atoms with Gasteiger partial charge in [0.2, 0.25) is 5.91 Å². The van der Waals surface area contributed by atoms with Crippen LogP contribution in [0.3, 0.4) is 0 Å². The number of carbonyl (C=O) groups excluding carboxylic acids is 2. The van der Waals surface area contributed by atoms with Gasteiger partial charge in [0, 0.05) is 6.54 Å². The minimum Gasteiger partial charge on any atom is -0.351 e. The summed E-state index contributed by atoms with van der Waals surface area (Å²) < 4.78 is 0. The normalized spacial score (nSPS) is 11.6. The molecule has 1 atom stereocenters. The van der Waals surface area contributed by atoms with Gasteiger partial charge in [-0.3, -0.25) is 9.59 Å². The van der Waals surface area contributed by atoms with Crippen molar-refractivity contribution in [2.45, 2.75) is 19.9 Å². The van der Waals surface area contributed by atoms with Crippen molar-refractivity contribution in [3.8, 4) is 0 Å². The van der Waals surface area contributed by atoms with Gasteiger partial charge >= 0.3 is 0 Å². The highest BCUT2D eigenvalue weighted by Gasteiger charge is 2.16. The van der Waals surface area contributed by atoms with Crippen LogP contribution < -0.4 is 10.6 Å². The summed E-state index contributed by atoms with van der Waals surface area (Å²) in [6, 6.07) is 2.97. The molecular weight excluding hydrogens is 236 g/mol. The Balaban J connectivity index is 2.43. The van der Waals surface area contributed by atoms with Crippen molar-refractivity contribution in [3.63, 3.8) is 0 Å². The summed E-state index contributed by atoms with van der Waals surface area (Å²) >= 11 is 1.35. The zero-order valence-electron chi connectivity index (χ0n) is 9.95. The molecular formula is C12H16N2O2S. The molecule has 4 nitrogen and oxygen atoms in total. The van der Waals surface area contributed by atoms with Crippen molar-refractivity contribution in [2.24, 2.45) is 0 Å². The maximum atomic E-state index is 11.7. The third-order valence-corrected chi connectivity index (χ3v) is 2.92. The van der Waals surface area contributed by atoms with E-state index in [9.17, 15) is 9.59 Å². The van der Waals surface area contributed by atoms with E-state index < -0.39 is 6.04 Å². The topological polar surface area (TPSA) is 58.2 Å². The molecule has 0 aliphatic rings. The molecule has 1 unspecified atom stereocenters. The zero-order valence-corrected chi connectivity index (χ0v) is 10.8. The third kappa shape index (κ3) is 4.40. The second-order valence-corrected chi connectivity index (χ2v) is 4.80. The van der Waals surface area contributed by atoms with E-state index in [0.29, 0.717) is 11.4 Å². The van der Waals surface area contributed by atoms with Crippen molar-refractivity contribution in [1.29, 1.82) is 0 Å². The molecule has 2 amide bonds. The highest BCUT2D eigenvalue weighted by Crippen LogP contribution is 2.07. The van der Waals surface area contributed by atoms with Gasteiger partial charge in [-0.25, -0.2) is 0 Å². The van der Waals surface area contributed by atoms with Crippen LogP contribution in [0.15, 0.2) is 29.7 Å². The minimum atomic E-state index is -0.552. The molecule has 1 rings (SSSR count). The van der Waals surface area contributed by atoms with Gasteiger partial charge in [-0.05, 0) is 25.3 Å². The van der Waals surface area contributed by atoms with E-state index in [1.54, 1.807) is 19.1 Å². The number of hydrogen-bond donors (Lipinski definition) is 2. The second kappa shape index (κ2) is 6.20. The first-order valence-corrected chi connectivity index (χ1v) is 6.15. The molecule has 0 aromatic carbocycles. The lowest BCUT2D eigenvalue weighted by Crippen LogP contribution is -2.45. The Morgan fingerprint density at radius 2 is 2.24 bits per heavy atom. The smallest absolute Gasteiger partial charge is 0.261 e. The molecule has 1 heterocycles. The Labute approximate surface area is 105 Å². The molecule has 1 aromatic heterocycles.